The smallest absolute Gasteiger partial charge is 0.418 e. The molecular formula is C22H25F3N4O3S2. The predicted molar refractivity (Wildman–Crippen MR) is 129 cm³/mol. The molecule has 1 aromatic heterocycles. The van der Waals surface area contributed by atoms with Crippen LogP contribution in [0.2, 0.25) is 0 Å². The largest absolute Gasteiger partial charge is 0.465 e. The van der Waals surface area contributed by atoms with Crippen molar-refractivity contribution in [3.63, 3.8) is 0 Å². The van der Waals surface area contributed by atoms with Crippen LogP contribution in [0.15, 0.2) is 29.6 Å². The van der Waals surface area contributed by atoms with Crippen molar-refractivity contribution in [2.24, 2.45) is 0 Å². The number of benzene rings is 1. The molecule has 34 heavy (non-hydrogen) atoms. The molecule has 3 rings (SSSR count). The van der Waals surface area contributed by atoms with Gasteiger partial charge in [-0.15, -0.1) is 11.3 Å². The molecule has 7 nitrogen and oxygen atoms in total. The molecule has 0 bridgehead atoms. The molecule has 1 fully saturated rings. The van der Waals surface area contributed by atoms with E-state index in [9.17, 15) is 22.8 Å². The highest BCUT2D eigenvalue weighted by atomic mass is 32.1. The van der Waals surface area contributed by atoms with Gasteiger partial charge in [-0.2, -0.15) is 13.2 Å². The number of aryl methyl sites for hydroxylation is 1. The van der Waals surface area contributed by atoms with E-state index in [0.717, 1.165) is 11.6 Å². The highest BCUT2D eigenvalue weighted by Crippen LogP contribution is 2.34. The van der Waals surface area contributed by atoms with Gasteiger partial charge >= 0.3 is 12.1 Å². The second kappa shape index (κ2) is 11.2. The molecule has 12 heteroatoms. The molecule has 0 atom stereocenters. The number of hydrogen-bond donors (Lipinski definition) is 2. The number of thiophene rings is 1. The molecule has 1 aliphatic heterocycles. The average molecular weight is 515 g/mol. The summed E-state index contributed by atoms with van der Waals surface area (Å²) >= 11 is 6.82. The first-order valence-electron chi connectivity index (χ1n) is 10.5. The maximum Gasteiger partial charge on any atom is 0.418 e. The third-order valence-corrected chi connectivity index (χ3v) is 6.77. The van der Waals surface area contributed by atoms with Crippen LogP contribution in [-0.2, 0) is 15.7 Å². The van der Waals surface area contributed by atoms with Gasteiger partial charge in [-0.1, -0.05) is 12.1 Å². The summed E-state index contributed by atoms with van der Waals surface area (Å²) in [5, 5.41) is 7.82. The highest BCUT2D eigenvalue weighted by Gasteiger charge is 2.33. The van der Waals surface area contributed by atoms with Crippen molar-refractivity contribution in [2.45, 2.75) is 19.5 Å². The van der Waals surface area contributed by atoms with E-state index in [4.69, 9.17) is 17.0 Å². The van der Waals surface area contributed by atoms with Crippen LogP contribution in [0.4, 0.5) is 24.5 Å². The zero-order valence-corrected chi connectivity index (χ0v) is 20.3. The fourth-order valence-corrected chi connectivity index (χ4v) is 4.80. The lowest BCUT2D eigenvalue weighted by Crippen LogP contribution is -2.39. The highest BCUT2D eigenvalue weighted by molar-refractivity contribution is 7.80. The number of amides is 1. The molecule has 1 aromatic carbocycles. The second-order valence-corrected chi connectivity index (χ2v) is 9.02. The van der Waals surface area contributed by atoms with Crippen molar-refractivity contribution >= 4 is 51.9 Å². The summed E-state index contributed by atoms with van der Waals surface area (Å²) < 4.78 is 44.3. The van der Waals surface area contributed by atoms with Crippen molar-refractivity contribution in [3.05, 3.63) is 45.6 Å². The van der Waals surface area contributed by atoms with Gasteiger partial charge in [0.1, 0.15) is 4.88 Å². The Morgan fingerprint density at radius 1 is 1.15 bits per heavy atom. The van der Waals surface area contributed by atoms with E-state index in [0.29, 0.717) is 48.3 Å². The molecule has 1 amide bonds. The third-order valence-electron chi connectivity index (χ3n) is 5.33. The lowest BCUT2D eigenvalue weighted by molar-refractivity contribution is -0.137. The zero-order chi connectivity index (χ0) is 24.9. The van der Waals surface area contributed by atoms with E-state index >= 15 is 0 Å². The Bertz CT molecular complexity index is 1060. The normalized spacial score (nSPS) is 14.9. The number of nitrogens with zero attached hydrogens (tertiary/aromatic N) is 2. The van der Waals surface area contributed by atoms with Gasteiger partial charge in [0.2, 0.25) is 5.91 Å². The molecule has 2 N–H and O–H groups in total. The Kier molecular flexibility index (Phi) is 8.50. The number of anilines is 2. The number of methoxy groups -OCH3 is 1. The summed E-state index contributed by atoms with van der Waals surface area (Å²) in [5.74, 6) is -0.953. The number of rotatable bonds is 5. The predicted octanol–water partition coefficient (Wildman–Crippen LogP) is 4.21. The standard InChI is InChI=1S/C22H25F3N4O3S2/c1-14-13-34-19(20(31)32-2)18(14)27-21(33)29-9-5-8-28(10-11-29)12-17(30)26-16-7-4-3-6-15(16)22(23,24)25/h3-4,6-7,13H,5,8-12H2,1-2H3,(H,26,30)(H,27,33). The topological polar surface area (TPSA) is 73.9 Å². The molecule has 0 spiro atoms. The maximum absolute atomic E-state index is 13.2. The SMILES string of the molecule is COC(=O)c1scc(C)c1NC(=S)N1CCCN(CC(=O)Nc2ccccc2C(F)(F)F)CC1. The van der Waals surface area contributed by atoms with Crippen LogP contribution in [-0.4, -0.2) is 66.6 Å². The van der Waals surface area contributed by atoms with Crippen molar-refractivity contribution in [3.8, 4) is 0 Å². The van der Waals surface area contributed by atoms with E-state index < -0.39 is 23.6 Å². The number of nitrogens with one attached hydrogen (secondary N) is 2. The average Bonchev–Trinajstić information content (AvgIpc) is 2.99. The molecule has 2 heterocycles. The van der Waals surface area contributed by atoms with Gasteiger partial charge in [0.25, 0.3) is 0 Å². The number of ether oxygens (including phenoxy) is 1. The van der Waals surface area contributed by atoms with Gasteiger partial charge in [-0.05, 0) is 48.6 Å². The van der Waals surface area contributed by atoms with E-state index in [1.54, 1.807) is 0 Å². The zero-order valence-electron chi connectivity index (χ0n) is 18.7. The van der Waals surface area contributed by atoms with Crippen LogP contribution >= 0.6 is 23.6 Å². The second-order valence-electron chi connectivity index (χ2n) is 7.75. The Balaban J connectivity index is 1.57. The summed E-state index contributed by atoms with van der Waals surface area (Å²) in [4.78, 5) is 28.7. The Morgan fingerprint density at radius 2 is 1.88 bits per heavy atom. The van der Waals surface area contributed by atoms with Crippen molar-refractivity contribution in [1.82, 2.24) is 9.80 Å². The lowest BCUT2D eigenvalue weighted by Gasteiger charge is -2.25. The lowest BCUT2D eigenvalue weighted by atomic mass is 10.1. The van der Waals surface area contributed by atoms with Crippen LogP contribution in [0.1, 0.15) is 27.2 Å². The first-order chi connectivity index (χ1) is 16.1. The monoisotopic (exact) mass is 514 g/mol. The first kappa shape index (κ1) is 25.9. The number of carbonyl (C=O) groups is 2. The minimum absolute atomic E-state index is 0.0314. The number of alkyl halides is 3. The molecule has 0 unspecified atom stereocenters. The minimum Gasteiger partial charge on any atom is -0.465 e. The molecule has 184 valence electrons. The number of para-hydroxylation sites is 1. The van der Waals surface area contributed by atoms with E-state index in [-0.39, 0.29) is 12.2 Å². The van der Waals surface area contributed by atoms with Crippen molar-refractivity contribution in [1.29, 1.82) is 0 Å². The number of hydrogen-bond acceptors (Lipinski definition) is 6. The fraction of sp³-hybridized carbons (Fsp3) is 0.409. The summed E-state index contributed by atoms with van der Waals surface area (Å²) in [6, 6.07) is 4.91. The van der Waals surface area contributed by atoms with Crippen LogP contribution in [0.3, 0.4) is 0 Å². The summed E-state index contributed by atoms with van der Waals surface area (Å²) in [6.45, 7) is 4.09. The van der Waals surface area contributed by atoms with E-state index in [1.807, 2.05) is 22.1 Å². The first-order valence-corrected chi connectivity index (χ1v) is 11.8. The summed E-state index contributed by atoms with van der Waals surface area (Å²) in [7, 11) is 1.32. The molecule has 0 aliphatic carbocycles. The van der Waals surface area contributed by atoms with Gasteiger partial charge < -0.3 is 20.3 Å². The Hall–Kier alpha value is -2.70. The number of esters is 1. The Morgan fingerprint density at radius 3 is 2.59 bits per heavy atom. The number of thiocarbonyl (C=S) groups is 1. The number of carbonyl (C=O) groups excluding carboxylic acids is 2. The molecule has 1 saturated heterocycles. The third kappa shape index (κ3) is 6.45. The van der Waals surface area contributed by atoms with Crippen LogP contribution in [0.5, 0.6) is 0 Å². The molecule has 0 radical (unpaired) electrons. The van der Waals surface area contributed by atoms with Gasteiger partial charge in [0, 0.05) is 26.2 Å². The minimum atomic E-state index is -4.55. The van der Waals surface area contributed by atoms with Crippen LogP contribution in [0.25, 0.3) is 0 Å². The van der Waals surface area contributed by atoms with Gasteiger partial charge in [0.05, 0.1) is 30.6 Å². The number of halogens is 3. The molecule has 0 saturated carbocycles. The fourth-order valence-electron chi connectivity index (χ4n) is 3.59. The van der Waals surface area contributed by atoms with Gasteiger partial charge in [-0.25, -0.2) is 4.79 Å². The van der Waals surface area contributed by atoms with Crippen molar-refractivity contribution < 1.29 is 27.5 Å². The van der Waals surface area contributed by atoms with Crippen LogP contribution < -0.4 is 10.6 Å². The molecule has 2 aromatic rings. The van der Waals surface area contributed by atoms with Gasteiger partial charge in [-0.3, -0.25) is 9.69 Å². The van der Waals surface area contributed by atoms with E-state index in [2.05, 4.69) is 10.6 Å². The molecular weight excluding hydrogens is 489 g/mol. The van der Waals surface area contributed by atoms with Crippen LogP contribution in [0, 0.1) is 6.92 Å². The maximum atomic E-state index is 13.2. The van der Waals surface area contributed by atoms with Gasteiger partial charge in [0.15, 0.2) is 5.11 Å². The quantitative estimate of drug-likeness (QED) is 0.458. The molecule has 1 aliphatic rings. The Labute approximate surface area is 204 Å². The van der Waals surface area contributed by atoms with Crippen molar-refractivity contribution in [2.75, 3.05) is 50.5 Å². The summed E-state index contributed by atoms with van der Waals surface area (Å²) in [6.07, 6.45) is -3.84. The van der Waals surface area contributed by atoms with E-state index in [1.165, 1.54) is 36.6 Å². The summed E-state index contributed by atoms with van der Waals surface area (Å²) in [5.41, 5.74) is 0.358.